The molecule has 0 bridgehead atoms. The molecule has 0 radical (unpaired) electrons. The fraction of sp³-hybridized carbons (Fsp3) is 0.100. The number of carboxylic acid groups (broad SMARTS) is 2. The molecule has 1 amide bonds. The summed E-state index contributed by atoms with van der Waals surface area (Å²) in [5, 5.41) is 19.7. The number of aliphatic carboxylic acids is 2. The summed E-state index contributed by atoms with van der Waals surface area (Å²) >= 11 is 1.48. The Bertz CT molecular complexity index is 1650. The van der Waals surface area contributed by atoms with Crippen LogP contribution in [0.5, 0.6) is 0 Å². The van der Waals surface area contributed by atoms with Gasteiger partial charge in [0.05, 0.1) is 22.2 Å². The number of aromatic nitrogens is 2. The number of nitrogens with one attached hydrogen (secondary N) is 1. The molecule has 2 aromatic carbocycles. The van der Waals surface area contributed by atoms with Crippen LogP contribution < -0.4 is 5.32 Å². The first kappa shape index (κ1) is 31.4. The molecular weight excluding hydrogens is 571 g/mol. The lowest BCUT2D eigenvalue weighted by molar-refractivity contribution is -0.192. The van der Waals surface area contributed by atoms with Gasteiger partial charge in [0.2, 0.25) is 5.91 Å². The standard InChI is InChI=1S/C28H23N3O3S.C2HF3O2/c1-3-19(28(33)34)12-18(2)16-30-25(32)15-26-31-27-23(21-10-7-11-29-17-21)13-22(14-24(27)35-26)20-8-5-4-6-9-20;3-2(4,5)1(6)7/h3-14,17H,1-2,15-16H2,(H,30,32)(H,33,34);(H,6,7)/b19-12+;. The molecule has 0 spiro atoms. The van der Waals surface area contributed by atoms with Crippen LogP contribution in [0.2, 0.25) is 0 Å². The van der Waals surface area contributed by atoms with Gasteiger partial charge in [-0.25, -0.2) is 14.6 Å². The van der Waals surface area contributed by atoms with Crippen molar-refractivity contribution in [1.29, 1.82) is 0 Å². The van der Waals surface area contributed by atoms with E-state index < -0.39 is 18.1 Å². The Morgan fingerprint density at radius 1 is 1.00 bits per heavy atom. The number of halogens is 3. The fourth-order valence-corrected chi connectivity index (χ4v) is 4.61. The van der Waals surface area contributed by atoms with Gasteiger partial charge in [0, 0.05) is 30.1 Å². The number of fused-ring (bicyclic) bond motifs is 1. The van der Waals surface area contributed by atoms with Crippen molar-refractivity contribution in [2.45, 2.75) is 12.6 Å². The normalized spacial score (nSPS) is 11.3. The van der Waals surface area contributed by atoms with Crippen LogP contribution in [0.3, 0.4) is 0 Å². The Balaban J connectivity index is 0.000000616. The fourth-order valence-electron chi connectivity index (χ4n) is 3.58. The van der Waals surface area contributed by atoms with Crippen molar-refractivity contribution in [2.24, 2.45) is 0 Å². The molecule has 0 aliphatic carbocycles. The second-order valence-electron chi connectivity index (χ2n) is 8.61. The summed E-state index contributed by atoms with van der Waals surface area (Å²) in [6.45, 7) is 7.41. The van der Waals surface area contributed by atoms with E-state index in [-0.39, 0.29) is 24.4 Å². The molecule has 4 aromatic rings. The van der Waals surface area contributed by atoms with Gasteiger partial charge in [0.15, 0.2) is 0 Å². The Morgan fingerprint density at radius 2 is 1.67 bits per heavy atom. The maximum atomic E-state index is 12.6. The Labute approximate surface area is 242 Å². The summed E-state index contributed by atoms with van der Waals surface area (Å²) < 4.78 is 32.7. The van der Waals surface area contributed by atoms with Crippen LogP contribution in [0.15, 0.2) is 103 Å². The predicted octanol–water partition coefficient (Wildman–Crippen LogP) is 6.07. The van der Waals surface area contributed by atoms with Crippen LogP contribution in [0.25, 0.3) is 32.5 Å². The van der Waals surface area contributed by atoms with Gasteiger partial charge in [-0.15, -0.1) is 11.3 Å². The third-order valence-corrected chi connectivity index (χ3v) is 6.51. The Morgan fingerprint density at radius 3 is 2.24 bits per heavy atom. The smallest absolute Gasteiger partial charge is 0.478 e. The van der Waals surface area contributed by atoms with Gasteiger partial charge >= 0.3 is 18.1 Å². The second-order valence-corrected chi connectivity index (χ2v) is 9.72. The highest BCUT2D eigenvalue weighted by Gasteiger charge is 2.38. The number of hydrogen-bond donors (Lipinski definition) is 3. The number of alkyl halides is 3. The van der Waals surface area contributed by atoms with E-state index in [4.69, 9.17) is 20.0 Å². The lowest BCUT2D eigenvalue weighted by Gasteiger charge is -2.07. The molecule has 0 aliphatic rings. The summed E-state index contributed by atoms with van der Waals surface area (Å²) in [7, 11) is 0. The molecule has 0 saturated heterocycles. The lowest BCUT2D eigenvalue weighted by atomic mass is 9.99. The van der Waals surface area contributed by atoms with Crippen LogP contribution in [0.1, 0.15) is 5.01 Å². The summed E-state index contributed by atoms with van der Waals surface area (Å²) in [6, 6.07) is 18.2. The zero-order valence-electron chi connectivity index (χ0n) is 21.9. The molecular formula is C30H24F3N3O5S. The molecule has 0 saturated carbocycles. The number of hydrogen-bond acceptors (Lipinski definition) is 6. The van der Waals surface area contributed by atoms with E-state index >= 15 is 0 Å². The topological polar surface area (TPSA) is 129 Å². The zero-order chi connectivity index (χ0) is 30.9. The third kappa shape index (κ3) is 8.70. The molecule has 0 fully saturated rings. The number of rotatable bonds is 9. The highest BCUT2D eigenvalue weighted by molar-refractivity contribution is 7.18. The van der Waals surface area contributed by atoms with Crippen molar-refractivity contribution in [2.75, 3.05) is 6.54 Å². The average molecular weight is 596 g/mol. The number of carbonyl (C=O) groups is 3. The summed E-state index contributed by atoms with van der Waals surface area (Å²) in [5.41, 5.74) is 5.39. The summed E-state index contributed by atoms with van der Waals surface area (Å²) in [5.74, 6) is -4.07. The molecule has 42 heavy (non-hydrogen) atoms. The minimum absolute atomic E-state index is 0.0209. The quantitative estimate of drug-likeness (QED) is 0.158. The van der Waals surface area contributed by atoms with E-state index in [1.54, 1.807) is 6.20 Å². The highest BCUT2D eigenvalue weighted by atomic mass is 32.1. The number of carbonyl (C=O) groups excluding carboxylic acids is 1. The average Bonchev–Trinajstić information content (AvgIpc) is 3.37. The van der Waals surface area contributed by atoms with E-state index in [1.165, 1.54) is 23.5 Å². The minimum Gasteiger partial charge on any atom is -0.478 e. The van der Waals surface area contributed by atoms with Crippen molar-refractivity contribution in [3.63, 3.8) is 0 Å². The Hall–Kier alpha value is -5.10. The molecule has 12 heteroatoms. The number of amides is 1. The molecule has 2 heterocycles. The highest BCUT2D eigenvalue weighted by Crippen LogP contribution is 2.36. The number of pyridine rings is 1. The summed E-state index contributed by atoms with van der Waals surface area (Å²) in [4.78, 5) is 41.6. The molecule has 0 aliphatic heterocycles. The molecule has 3 N–H and O–H groups in total. The van der Waals surface area contributed by atoms with Crippen molar-refractivity contribution >= 4 is 39.4 Å². The van der Waals surface area contributed by atoms with E-state index in [1.807, 2.05) is 36.5 Å². The van der Waals surface area contributed by atoms with E-state index in [2.05, 4.69) is 47.7 Å². The maximum Gasteiger partial charge on any atom is 0.490 e. The van der Waals surface area contributed by atoms with Gasteiger partial charge in [-0.05, 0) is 41.0 Å². The van der Waals surface area contributed by atoms with Crippen molar-refractivity contribution in [3.8, 4) is 22.3 Å². The number of benzene rings is 2. The largest absolute Gasteiger partial charge is 0.490 e. The molecule has 0 atom stereocenters. The molecule has 216 valence electrons. The molecule has 4 rings (SSSR count). The van der Waals surface area contributed by atoms with Gasteiger partial charge in [0.1, 0.15) is 5.01 Å². The molecule has 8 nitrogen and oxygen atoms in total. The molecule has 2 aromatic heterocycles. The first-order valence-corrected chi connectivity index (χ1v) is 12.9. The van der Waals surface area contributed by atoms with Crippen LogP contribution in [0.4, 0.5) is 13.2 Å². The SMILES string of the molecule is C=C/C(=C\C(=C)CNC(=O)Cc1nc2c(-c3cccnc3)cc(-c3ccccc3)cc2s1)C(=O)O.O=C(O)C(F)(F)F. The Kier molecular flexibility index (Phi) is 10.5. The van der Waals surface area contributed by atoms with Gasteiger partial charge < -0.3 is 15.5 Å². The van der Waals surface area contributed by atoms with Crippen molar-refractivity contribution in [1.82, 2.24) is 15.3 Å². The van der Waals surface area contributed by atoms with E-state index in [0.29, 0.717) is 10.6 Å². The van der Waals surface area contributed by atoms with Crippen LogP contribution >= 0.6 is 11.3 Å². The zero-order valence-corrected chi connectivity index (χ0v) is 22.7. The number of nitrogens with zero attached hydrogens (tertiary/aromatic N) is 2. The molecule has 0 unspecified atom stereocenters. The third-order valence-electron chi connectivity index (χ3n) is 5.51. The first-order valence-electron chi connectivity index (χ1n) is 12.1. The van der Waals surface area contributed by atoms with E-state index in [0.717, 1.165) is 32.5 Å². The van der Waals surface area contributed by atoms with Crippen LogP contribution in [0, 0.1) is 0 Å². The predicted molar refractivity (Wildman–Crippen MR) is 154 cm³/mol. The van der Waals surface area contributed by atoms with Crippen LogP contribution in [-0.4, -0.2) is 50.7 Å². The minimum atomic E-state index is -5.08. The summed E-state index contributed by atoms with van der Waals surface area (Å²) in [6.07, 6.45) is 1.19. The van der Waals surface area contributed by atoms with Gasteiger partial charge in [-0.2, -0.15) is 13.2 Å². The lowest BCUT2D eigenvalue weighted by Crippen LogP contribution is -2.26. The first-order chi connectivity index (χ1) is 19.9. The van der Waals surface area contributed by atoms with Gasteiger partial charge in [-0.1, -0.05) is 55.6 Å². The van der Waals surface area contributed by atoms with Gasteiger partial charge in [0.25, 0.3) is 0 Å². The van der Waals surface area contributed by atoms with Gasteiger partial charge in [-0.3, -0.25) is 9.78 Å². The van der Waals surface area contributed by atoms with Crippen molar-refractivity contribution < 1.29 is 37.8 Å². The number of thiazole rings is 1. The maximum absolute atomic E-state index is 12.6. The number of carboxylic acids is 2. The van der Waals surface area contributed by atoms with Crippen LogP contribution in [-0.2, 0) is 20.8 Å². The van der Waals surface area contributed by atoms with E-state index in [9.17, 15) is 22.8 Å². The monoisotopic (exact) mass is 595 g/mol. The second kappa shape index (κ2) is 14.0. The van der Waals surface area contributed by atoms with Crippen molar-refractivity contribution in [3.05, 3.63) is 108 Å².